The number of amides is 1. The molecule has 4 rings (SSSR count). The van der Waals surface area contributed by atoms with Crippen LogP contribution in [0.15, 0.2) is 84.9 Å². The first-order valence-electron chi connectivity index (χ1n) is 14.9. The number of alkyl halides is 3. The van der Waals surface area contributed by atoms with Crippen LogP contribution in [0.5, 0.6) is 0 Å². The zero-order valence-corrected chi connectivity index (χ0v) is 25.5. The SMILES string of the molecule is COC(=O)[C@H](Cc1cccc(C(N)=[NH2+])c1)[C@@H](/C=C/c1ccccc1)NC(=O)c1ccc(C2CCCCC2)cc1.O=C([O-])C(F)(F)F. The van der Waals surface area contributed by atoms with Gasteiger partial charge in [-0.05, 0) is 66.1 Å². The molecule has 0 radical (unpaired) electrons. The molecule has 1 fully saturated rings. The van der Waals surface area contributed by atoms with Crippen LogP contribution in [0.3, 0.4) is 0 Å². The van der Waals surface area contributed by atoms with Crippen LogP contribution in [0, 0.1) is 5.92 Å². The summed E-state index contributed by atoms with van der Waals surface area (Å²) in [6.45, 7) is 0. The number of ether oxygens (including phenoxy) is 1. The molecule has 0 heterocycles. The van der Waals surface area contributed by atoms with Crippen LogP contribution in [-0.2, 0) is 20.7 Å². The third-order valence-electron chi connectivity index (χ3n) is 7.73. The van der Waals surface area contributed by atoms with E-state index in [1.165, 1.54) is 44.8 Å². The van der Waals surface area contributed by atoms with E-state index in [0.29, 0.717) is 23.5 Å². The van der Waals surface area contributed by atoms with Crippen LogP contribution < -0.4 is 21.6 Å². The van der Waals surface area contributed by atoms with Crippen molar-refractivity contribution >= 4 is 29.8 Å². The molecule has 3 aromatic rings. The maximum atomic E-state index is 13.4. The smallest absolute Gasteiger partial charge is 0.430 e. The molecule has 46 heavy (non-hydrogen) atoms. The first-order valence-corrected chi connectivity index (χ1v) is 14.9. The Morgan fingerprint density at radius 2 is 1.61 bits per heavy atom. The number of carbonyl (C=O) groups is 3. The van der Waals surface area contributed by atoms with Crippen LogP contribution in [0.1, 0.15) is 70.6 Å². The van der Waals surface area contributed by atoms with Gasteiger partial charge in [0.1, 0.15) is 5.97 Å². The Kier molecular flexibility index (Phi) is 13.1. The number of carboxylic acid groups (broad SMARTS) is 1. The lowest BCUT2D eigenvalue weighted by atomic mass is 9.84. The largest absolute Gasteiger partial charge is 0.542 e. The summed E-state index contributed by atoms with van der Waals surface area (Å²) in [4.78, 5) is 35.3. The number of carboxylic acids is 1. The summed E-state index contributed by atoms with van der Waals surface area (Å²) in [5.41, 5.74) is 10.2. The predicted octanol–water partition coefficient (Wildman–Crippen LogP) is 3.34. The molecule has 0 saturated heterocycles. The monoisotopic (exact) mass is 637 g/mol. The van der Waals surface area contributed by atoms with Crippen LogP contribution in [0.4, 0.5) is 13.2 Å². The minimum atomic E-state index is -5.19. The van der Waals surface area contributed by atoms with E-state index in [2.05, 4.69) is 17.4 Å². The highest BCUT2D eigenvalue weighted by Crippen LogP contribution is 2.32. The van der Waals surface area contributed by atoms with Gasteiger partial charge in [-0.3, -0.25) is 20.7 Å². The number of esters is 1. The van der Waals surface area contributed by atoms with Gasteiger partial charge in [0.25, 0.3) is 11.7 Å². The predicted molar refractivity (Wildman–Crippen MR) is 166 cm³/mol. The molecular weight excluding hydrogens is 599 g/mol. The Balaban J connectivity index is 0.000000738. The van der Waals surface area contributed by atoms with Gasteiger partial charge in [0.05, 0.1) is 24.6 Å². The number of halogens is 3. The van der Waals surface area contributed by atoms with Gasteiger partial charge < -0.3 is 20.0 Å². The Morgan fingerprint density at radius 1 is 0.978 bits per heavy atom. The molecule has 0 unspecified atom stereocenters. The first kappa shape index (κ1) is 35.5. The van der Waals surface area contributed by atoms with Gasteiger partial charge >= 0.3 is 12.1 Å². The second-order valence-electron chi connectivity index (χ2n) is 11.0. The average Bonchev–Trinajstić information content (AvgIpc) is 3.06. The van der Waals surface area contributed by atoms with Crippen molar-refractivity contribution in [3.8, 4) is 0 Å². The van der Waals surface area contributed by atoms with Crippen molar-refractivity contribution in [3.05, 3.63) is 113 Å². The van der Waals surface area contributed by atoms with Crippen molar-refractivity contribution in [2.75, 3.05) is 7.11 Å². The topological polar surface area (TPSA) is 147 Å². The fraction of sp³-hybridized carbons (Fsp3) is 0.314. The third kappa shape index (κ3) is 10.9. The van der Waals surface area contributed by atoms with Crippen molar-refractivity contribution < 1.29 is 42.8 Å². The lowest BCUT2D eigenvalue weighted by Gasteiger charge is -2.25. The quantitative estimate of drug-likeness (QED) is 0.177. The molecule has 8 nitrogen and oxygen atoms in total. The van der Waals surface area contributed by atoms with E-state index in [4.69, 9.17) is 25.8 Å². The number of nitrogens with two attached hydrogens (primary N) is 2. The molecular formula is C35H38F3N3O5. The highest BCUT2D eigenvalue weighted by Gasteiger charge is 2.30. The fourth-order valence-electron chi connectivity index (χ4n) is 5.28. The molecule has 1 saturated carbocycles. The van der Waals surface area contributed by atoms with Gasteiger partial charge in [-0.1, -0.05) is 86.0 Å². The standard InChI is InChI=1S/C33H37N3O3.C2HF3O2/c1-39-33(38)29(22-24-11-8-14-28(21-24)31(34)35)30(20-15-23-9-4-2-5-10-23)36-32(37)27-18-16-26(17-19-27)25-12-6-3-7-13-25;3-2(4,5)1(6)7/h2,4-5,8-11,14-21,25,29-30H,3,6-7,12-13,22H2,1H3,(H3,34,35)(H,36,37);(H,6,7)/b20-15+;/t29-,30-;/m1./s1. The second-order valence-corrected chi connectivity index (χ2v) is 11.0. The first-order chi connectivity index (χ1) is 21.9. The van der Waals surface area contributed by atoms with Gasteiger partial charge in [-0.2, -0.15) is 13.2 Å². The average molecular weight is 638 g/mol. The summed E-state index contributed by atoms with van der Waals surface area (Å²) < 4.78 is 36.7. The maximum Gasteiger partial charge on any atom is 0.430 e. The molecule has 1 amide bonds. The summed E-state index contributed by atoms with van der Waals surface area (Å²) in [5.74, 6) is -3.56. The maximum absolute atomic E-state index is 13.4. The number of rotatable bonds is 10. The molecule has 1 aliphatic rings. The lowest BCUT2D eigenvalue weighted by molar-refractivity contribution is -0.344. The molecule has 11 heteroatoms. The van der Waals surface area contributed by atoms with E-state index in [9.17, 15) is 22.8 Å². The number of nitrogens with one attached hydrogen (secondary N) is 1. The van der Waals surface area contributed by atoms with E-state index in [0.717, 1.165) is 11.1 Å². The van der Waals surface area contributed by atoms with Gasteiger partial charge in [0.15, 0.2) is 0 Å². The van der Waals surface area contributed by atoms with E-state index >= 15 is 0 Å². The summed E-state index contributed by atoms with van der Waals surface area (Å²) in [6.07, 6.45) is 5.14. The van der Waals surface area contributed by atoms with E-state index in [-0.39, 0.29) is 11.7 Å². The number of aliphatic carboxylic acids is 1. The van der Waals surface area contributed by atoms with Gasteiger partial charge in [-0.15, -0.1) is 0 Å². The van der Waals surface area contributed by atoms with Gasteiger partial charge in [-0.25, -0.2) is 0 Å². The molecule has 244 valence electrons. The van der Waals surface area contributed by atoms with Crippen LogP contribution in [-0.4, -0.2) is 43.0 Å². The van der Waals surface area contributed by atoms with Crippen molar-refractivity contribution in [2.45, 2.75) is 56.7 Å². The minimum absolute atomic E-state index is 0.206. The van der Waals surface area contributed by atoms with Crippen molar-refractivity contribution in [1.82, 2.24) is 5.32 Å². The highest BCUT2D eigenvalue weighted by molar-refractivity contribution is 5.95. The molecule has 1 aliphatic carbocycles. The number of carbonyl (C=O) groups excluding carboxylic acids is 3. The molecule has 3 aromatic carbocycles. The summed E-state index contributed by atoms with van der Waals surface area (Å²) in [7, 11) is 1.36. The molecule has 2 atom stereocenters. The van der Waals surface area contributed by atoms with Crippen LogP contribution in [0.25, 0.3) is 6.08 Å². The molecule has 0 bridgehead atoms. The molecule has 0 aromatic heterocycles. The van der Waals surface area contributed by atoms with E-state index < -0.39 is 30.1 Å². The van der Waals surface area contributed by atoms with Crippen LogP contribution >= 0.6 is 0 Å². The number of methoxy groups -OCH3 is 1. The van der Waals surface area contributed by atoms with E-state index in [1.807, 2.05) is 78.9 Å². The summed E-state index contributed by atoms with van der Waals surface area (Å²) >= 11 is 0. The number of hydrogen-bond acceptors (Lipinski definition) is 5. The fourth-order valence-corrected chi connectivity index (χ4v) is 5.28. The van der Waals surface area contributed by atoms with Gasteiger partial charge in [0.2, 0.25) is 0 Å². The van der Waals surface area contributed by atoms with Crippen molar-refractivity contribution in [1.29, 1.82) is 0 Å². The zero-order valence-electron chi connectivity index (χ0n) is 25.5. The lowest BCUT2D eigenvalue weighted by Crippen LogP contribution is -2.46. The van der Waals surface area contributed by atoms with Gasteiger partial charge in [0, 0.05) is 5.56 Å². The van der Waals surface area contributed by atoms with E-state index in [1.54, 1.807) is 0 Å². The number of amidine groups is 1. The second kappa shape index (κ2) is 17.0. The third-order valence-corrected chi connectivity index (χ3v) is 7.73. The zero-order chi connectivity index (χ0) is 33.7. The number of benzene rings is 3. The minimum Gasteiger partial charge on any atom is -0.542 e. The molecule has 0 spiro atoms. The Bertz CT molecular complexity index is 1500. The Labute approximate surface area is 266 Å². The summed E-state index contributed by atoms with van der Waals surface area (Å²) in [5, 5.41) is 17.7. The normalized spacial score (nSPS) is 14.8. The summed E-state index contributed by atoms with van der Waals surface area (Å²) in [6, 6.07) is 24.5. The number of hydrogen-bond donors (Lipinski definition) is 3. The molecule has 0 aliphatic heterocycles. The van der Waals surface area contributed by atoms with Crippen LogP contribution in [0.2, 0.25) is 0 Å². The highest BCUT2D eigenvalue weighted by atomic mass is 19.4. The molecule has 5 N–H and O–H groups in total. The Hall–Kier alpha value is -4.93. The van der Waals surface area contributed by atoms with Crippen molar-refractivity contribution in [3.63, 3.8) is 0 Å². The van der Waals surface area contributed by atoms with Crippen molar-refractivity contribution in [2.24, 2.45) is 11.7 Å². The Morgan fingerprint density at radius 3 is 2.17 bits per heavy atom.